The molecule has 1 aromatic carbocycles. The van der Waals surface area contributed by atoms with Crippen LogP contribution in [0, 0.1) is 5.82 Å². The average Bonchev–Trinajstić information content (AvgIpc) is 2.94. The molecule has 0 radical (unpaired) electrons. The van der Waals surface area contributed by atoms with Gasteiger partial charge in [0.1, 0.15) is 11.5 Å². The molecule has 1 saturated carbocycles. The van der Waals surface area contributed by atoms with Crippen molar-refractivity contribution in [2.24, 2.45) is 0 Å². The molecule has 0 amide bonds. The van der Waals surface area contributed by atoms with E-state index in [1.165, 1.54) is 10.6 Å². The van der Waals surface area contributed by atoms with Crippen LogP contribution in [0.15, 0.2) is 35.3 Å². The normalized spacial score (nSPS) is 20.9. The predicted molar refractivity (Wildman–Crippen MR) is 164 cm³/mol. The number of halogens is 4. The van der Waals surface area contributed by atoms with E-state index in [1.54, 1.807) is 12.3 Å². The summed E-state index contributed by atoms with van der Waals surface area (Å²) >= 11 is 0. The molecule has 2 aliphatic rings. The number of nitrogens with zero attached hydrogens (tertiary/aromatic N) is 4. The van der Waals surface area contributed by atoms with Crippen molar-refractivity contribution in [3.05, 3.63) is 46.6 Å². The van der Waals surface area contributed by atoms with E-state index in [9.17, 15) is 30.8 Å². The van der Waals surface area contributed by atoms with E-state index < -0.39 is 45.4 Å². The van der Waals surface area contributed by atoms with E-state index in [4.69, 9.17) is 4.74 Å². The number of benzene rings is 1. The zero-order valence-electron chi connectivity index (χ0n) is 25.4. The van der Waals surface area contributed by atoms with E-state index in [2.05, 4.69) is 27.2 Å². The zero-order chi connectivity index (χ0) is 32.5. The van der Waals surface area contributed by atoms with Crippen molar-refractivity contribution in [1.29, 1.82) is 0 Å². The molecule has 15 heteroatoms. The fraction of sp³-hybridized carbons (Fsp3) is 0.567. The first-order chi connectivity index (χ1) is 21.2. The van der Waals surface area contributed by atoms with Crippen molar-refractivity contribution >= 4 is 32.7 Å². The van der Waals surface area contributed by atoms with E-state index in [-0.39, 0.29) is 23.2 Å². The Labute approximate surface area is 259 Å². The van der Waals surface area contributed by atoms with Gasteiger partial charge in [-0.2, -0.15) is 18.2 Å². The van der Waals surface area contributed by atoms with Gasteiger partial charge in [0.15, 0.2) is 0 Å². The summed E-state index contributed by atoms with van der Waals surface area (Å²) in [7, 11) is -2.30. The largest absolute Gasteiger partial charge is 0.390 e. The van der Waals surface area contributed by atoms with Crippen molar-refractivity contribution in [2.75, 3.05) is 36.0 Å². The van der Waals surface area contributed by atoms with Gasteiger partial charge in [0.25, 0.3) is 5.56 Å². The molecule has 2 fully saturated rings. The highest BCUT2D eigenvalue weighted by Crippen LogP contribution is 2.29. The maximum Gasteiger partial charge on any atom is 0.390 e. The summed E-state index contributed by atoms with van der Waals surface area (Å²) in [4.78, 5) is 25.2. The number of sulfonamides is 1. The summed E-state index contributed by atoms with van der Waals surface area (Å²) in [5, 5.41) is 3.97. The first kappa shape index (κ1) is 33.1. The van der Waals surface area contributed by atoms with Crippen LogP contribution in [0.1, 0.15) is 58.4 Å². The van der Waals surface area contributed by atoms with Gasteiger partial charge < -0.3 is 15.0 Å². The maximum absolute atomic E-state index is 15.0. The van der Waals surface area contributed by atoms with E-state index in [1.807, 2.05) is 18.6 Å². The topological polar surface area (TPSA) is 118 Å². The summed E-state index contributed by atoms with van der Waals surface area (Å²) < 4.78 is 85.4. The standard InChI is InChI=1S/C30H38F4N6O4S/c1-18(2)40-27-20(16-35-29(37-27)36-21-5-7-22(8-6-21)39(3)17-23-10-12-44-23)14-24(28(40)41)19-4-9-26(25(31)15-19)38-45(42,43)13-11-30(32,33)34/h4,9,14-16,18,21-23,38H,5-8,10-13,17H2,1-3H3,(H,35,36,37)/t21-,22-,23?. The smallest absolute Gasteiger partial charge is 0.377 e. The van der Waals surface area contributed by atoms with Crippen LogP contribution in [0.2, 0.25) is 0 Å². The average molecular weight is 655 g/mol. The molecular weight excluding hydrogens is 616 g/mol. The number of ether oxygens (including phenoxy) is 1. The second-order valence-electron chi connectivity index (χ2n) is 12.2. The van der Waals surface area contributed by atoms with Crippen LogP contribution in [0.5, 0.6) is 0 Å². The highest BCUT2D eigenvalue weighted by atomic mass is 32.2. The number of rotatable bonds is 11. The fourth-order valence-corrected chi connectivity index (χ4v) is 6.95. The SMILES string of the molecule is CC(C)n1c(=O)c(-c2ccc(NS(=O)(=O)CCC(F)(F)F)c(F)c2)cc2cnc(N[C@H]3CC[C@H](N(C)CC4CCO4)CC3)nc21. The van der Waals surface area contributed by atoms with Crippen molar-refractivity contribution in [2.45, 2.75) is 82.8 Å². The monoisotopic (exact) mass is 654 g/mol. The summed E-state index contributed by atoms with van der Waals surface area (Å²) in [6.07, 6.45) is 0.814. The summed E-state index contributed by atoms with van der Waals surface area (Å²) in [6.45, 7) is 5.45. The van der Waals surface area contributed by atoms with Gasteiger partial charge in [-0.3, -0.25) is 14.1 Å². The second-order valence-corrected chi connectivity index (χ2v) is 14.0. The van der Waals surface area contributed by atoms with Crippen LogP contribution in [-0.4, -0.2) is 78.2 Å². The van der Waals surface area contributed by atoms with Gasteiger partial charge >= 0.3 is 6.18 Å². The highest BCUT2D eigenvalue weighted by Gasteiger charge is 2.31. The molecule has 1 atom stereocenters. The molecule has 2 aromatic heterocycles. The molecule has 1 aliphatic carbocycles. The number of anilines is 2. The Kier molecular flexibility index (Phi) is 9.70. The van der Waals surface area contributed by atoms with Crippen molar-refractivity contribution < 1.29 is 30.7 Å². The van der Waals surface area contributed by atoms with Gasteiger partial charge in [0.05, 0.1) is 24.0 Å². The van der Waals surface area contributed by atoms with Gasteiger partial charge in [0, 0.05) is 48.4 Å². The van der Waals surface area contributed by atoms with Crippen LogP contribution in [0.4, 0.5) is 29.2 Å². The third-order valence-electron chi connectivity index (χ3n) is 8.43. The third kappa shape index (κ3) is 8.11. The third-order valence-corrected chi connectivity index (χ3v) is 9.70. The van der Waals surface area contributed by atoms with Gasteiger partial charge in [-0.25, -0.2) is 17.8 Å². The van der Waals surface area contributed by atoms with Gasteiger partial charge in [0.2, 0.25) is 16.0 Å². The number of aromatic nitrogens is 3. The fourth-order valence-electron chi connectivity index (χ4n) is 5.85. The predicted octanol–water partition coefficient (Wildman–Crippen LogP) is 5.32. The minimum Gasteiger partial charge on any atom is -0.377 e. The molecule has 246 valence electrons. The van der Waals surface area contributed by atoms with E-state index in [0.29, 0.717) is 29.1 Å². The van der Waals surface area contributed by atoms with Crippen molar-refractivity contribution in [3.63, 3.8) is 0 Å². The molecule has 1 unspecified atom stereocenters. The number of hydrogen-bond acceptors (Lipinski definition) is 8. The molecule has 5 rings (SSSR count). The first-order valence-electron chi connectivity index (χ1n) is 15.1. The molecule has 45 heavy (non-hydrogen) atoms. The molecule has 3 heterocycles. The lowest BCUT2D eigenvalue weighted by Crippen LogP contribution is -2.45. The molecule has 10 nitrogen and oxygen atoms in total. The molecule has 0 spiro atoms. The van der Waals surface area contributed by atoms with Crippen LogP contribution in [-0.2, 0) is 14.8 Å². The number of likely N-dealkylation sites (N-methyl/N-ethyl adjacent to an activating group) is 1. The van der Waals surface area contributed by atoms with Gasteiger partial charge in [-0.1, -0.05) is 6.07 Å². The van der Waals surface area contributed by atoms with Gasteiger partial charge in [-0.15, -0.1) is 0 Å². The number of hydrogen-bond donors (Lipinski definition) is 2. The molecule has 2 N–H and O–H groups in total. The Morgan fingerprint density at radius 3 is 2.44 bits per heavy atom. The van der Waals surface area contributed by atoms with Crippen LogP contribution < -0.4 is 15.6 Å². The maximum atomic E-state index is 15.0. The van der Waals surface area contributed by atoms with Crippen molar-refractivity contribution in [3.8, 4) is 11.1 Å². The highest BCUT2D eigenvalue weighted by molar-refractivity contribution is 7.92. The lowest BCUT2D eigenvalue weighted by molar-refractivity contribution is -0.129. The van der Waals surface area contributed by atoms with Gasteiger partial charge in [-0.05, 0) is 76.8 Å². The number of fused-ring (bicyclic) bond motifs is 1. The molecule has 0 bridgehead atoms. The van der Waals surface area contributed by atoms with Crippen LogP contribution >= 0.6 is 0 Å². The minimum absolute atomic E-state index is 0.139. The lowest BCUT2D eigenvalue weighted by atomic mass is 9.90. The summed E-state index contributed by atoms with van der Waals surface area (Å²) in [5.74, 6) is -1.86. The number of nitrogens with one attached hydrogen (secondary N) is 2. The summed E-state index contributed by atoms with van der Waals surface area (Å²) in [5.41, 5.74) is -0.225. The Morgan fingerprint density at radius 2 is 1.84 bits per heavy atom. The Hall–Kier alpha value is -3.30. The quantitative estimate of drug-likeness (QED) is 0.267. The lowest BCUT2D eigenvalue weighted by Gasteiger charge is -2.38. The Morgan fingerprint density at radius 1 is 1.13 bits per heavy atom. The summed E-state index contributed by atoms with van der Waals surface area (Å²) in [6, 6.07) is 5.32. The first-order valence-corrected chi connectivity index (χ1v) is 16.7. The molecule has 1 saturated heterocycles. The molecule has 1 aliphatic heterocycles. The van der Waals surface area contributed by atoms with E-state index >= 15 is 0 Å². The zero-order valence-corrected chi connectivity index (χ0v) is 26.2. The second kappa shape index (κ2) is 13.2. The molecular formula is C30H38F4N6O4S. The Balaban J connectivity index is 1.32. The van der Waals surface area contributed by atoms with Crippen LogP contribution in [0.3, 0.4) is 0 Å². The molecule has 3 aromatic rings. The van der Waals surface area contributed by atoms with E-state index in [0.717, 1.165) is 57.4 Å². The minimum atomic E-state index is -4.67. The Bertz CT molecular complexity index is 1690. The van der Waals surface area contributed by atoms with Crippen LogP contribution in [0.25, 0.3) is 22.2 Å². The number of alkyl halides is 3. The van der Waals surface area contributed by atoms with Crippen molar-refractivity contribution in [1.82, 2.24) is 19.4 Å². The number of pyridine rings is 1.